The SMILES string of the molecule is C[SiH2]c1nc2cc(Br)ccc2c(=O)[nH]1. The first-order valence-corrected chi connectivity index (χ1v) is 7.30. The average molecular weight is 269 g/mol. The van der Waals surface area contributed by atoms with E-state index in [0.717, 1.165) is 15.4 Å². The molecule has 0 aliphatic carbocycles. The van der Waals surface area contributed by atoms with E-state index in [4.69, 9.17) is 0 Å². The Morgan fingerprint density at radius 2 is 2.29 bits per heavy atom. The van der Waals surface area contributed by atoms with Crippen molar-refractivity contribution >= 4 is 41.8 Å². The van der Waals surface area contributed by atoms with Crippen LogP contribution < -0.4 is 11.0 Å². The van der Waals surface area contributed by atoms with E-state index in [1.54, 1.807) is 6.07 Å². The third kappa shape index (κ3) is 1.65. The molecular weight excluding hydrogens is 260 g/mol. The number of aromatic nitrogens is 2. The Morgan fingerprint density at radius 1 is 1.50 bits per heavy atom. The summed E-state index contributed by atoms with van der Waals surface area (Å²) < 4.78 is 0.951. The Labute approximate surface area is 91.5 Å². The van der Waals surface area contributed by atoms with Crippen molar-refractivity contribution < 1.29 is 0 Å². The molecule has 0 radical (unpaired) electrons. The zero-order valence-corrected chi connectivity index (χ0v) is 10.7. The molecule has 0 fully saturated rings. The molecule has 0 bridgehead atoms. The molecule has 1 heterocycles. The summed E-state index contributed by atoms with van der Waals surface area (Å²) in [5, 5.41) is 0.652. The highest BCUT2D eigenvalue weighted by Crippen LogP contribution is 2.13. The van der Waals surface area contributed by atoms with E-state index < -0.39 is 9.52 Å². The molecule has 0 amide bonds. The monoisotopic (exact) mass is 268 g/mol. The van der Waals surface area contributed by atoms with E-state index in [-0.39, 0.29) is 5.56 Å². The number of nitrogens with one attached hydrogen (secondary N) is 1. The summed E-state index contributed by atoms with van der Waals surface area (Å²) in [6, 6.07) is 5.51. The number of nitrogens with zero attached hydrogens (tertiary/aromatic N) is 1. The molecular formula is C9H9BrN2OSi. The van der Waals surface area contributed by atoms with Crippen molar-refractivity contribution in [1.29, 1.82) is 0 Å². The van der Waals surface area contributed by atoms with Gasteiger partial charge in [-0.05, 0) is 18.2 Å². The molecule has 1 aromatic heterocycles. The number of H-pyrrole nitrogens is 1. The van der Waals surface area contributed by atoms with Crippen molar-refractivity contribution in [2.75, 3.05) is 0 Å². The first-order valence-electron chi connectivity index (χ1n) is 4.39. The van der Waals surface area contributed by atoms with Crippen LogP contribution in [0.4, 0.5) is 0 Å². The number of halogens is 1. The van der Waals surface area contributed by atoms with Crippen molar-refractivity contribution in [3.8, 4) is 0 Å². The van der Waals surface area contributed by atoms with Gasteiger partial charge in [0.1, 0.15) is 0 Å². The summed E-state index contributed by atoms with van der Waals surface area (Å²) in [5.41, 5.74) is 1.60. The molecule has 72 valence electrons. The van der Waals surface area contributed by atoms with Gasteiger partial charge < -0.3 is 4.98 Å². The molecule has 14 heavy (non-hydrogen) atoms. The summed E-state index contributed by atoms with van der Waals surface area (Å²) in [4.78, 5) is 18.8. The highest BCUT2D eigenvalue weighted by Gasteiger charge is 2.02. The predicted molar refractivity (Wildman–Crippen MR) is 64.1 cm³/mol. The fourth-order valence-electron chi connectivity index (χ4n) is 1.33. The Kier molecular flexibility index (Phi) is 2.51. The molecule has 0 spiro atoms. The first kappa shape index (κ1) is 9.61. The van der Waals surface area contributed by atoms with E-state index in [2.05, 4.69) is 32.4 Å². The normalized spacial score (nSPS) is 11.6. The quantitative estimate of drug-likeness (QED) is 0.767. The van der Waals surface area contributed by atoms with Gasteiger partial charge in [-0.1, -0.05) is 22.5 Å². The van der Waals surface area contributed by atoms with Gasteiger partial charge in [0.2, 0.25) is 0 Å². The van der Waals surface area contributed by atoms with E-state index in [1.165, 1.54) is 0 Å². The van der Waals surface area contributed by atoms with Crippen LogP contribution in [0.15, 0.2) is 27.5 Å². The number of rotatable bonds is 1. The highest BCUT2D eigenvalue weighted by atomic mass is 79.9. The van der Waals surface area contributed by atoms with Gasteiger partial charge in [0, 0.05) is 4.47 Å². The summed E-state index contributed by atoms with van der Waals surface area (Å²) in [6.45, 7) is 2.10. The van der Waals surface area contributed by atoms with Gasteiger partial charge in [-0.15, -0.1) is 0 Å². The van der Waals surface area contributed by atoms with E-state index >= 15 is 0 Å². The number of aromatic amines is 1. The van der Waals surface area contributed by atoms with Crippen molar-refractivity contribution in [2.24, 2.45) is 0 Å². The molecule has 3 nitrogen and oxygen atoms in total. The van der Waals surface area contributed by atoms with Crippen LogP contribution in [0.2, 0.25) is 6.55 Å². The lowest BCUT2D eigenvalue weighted by Crippen LogP contribution is -2.27. The summed E-state index contributed by atoms with van der Waals surface area (Å²) >= 11 is 3.36. The number of fused-ring (bicyclic) bond motifs is 1. The van der Waals surface area contributed by atoms with Crippen LogP contribution in [-0.2, 0) is 0 Å². The summed E-state index contributed by atoms with van der Waals surface area (Å²) in [6.07, 6.45) is 0. The molecule has 0 saturated heterocycles. The Balaban J connectivity index is 2.84. The topological polar surface area (TPSA) is 45.8 Å². The van der Waals surface area contributed by atoms with Crippen LogP contribution >= 0.6 is 15.9 Å². The largest absolute Gasteiger partial charge is 0.315 e. The standard InChI is InChI=1S/C9H9BrN2OSi/c1-14-9-11-7-4-5(10)2-3-6(7)8(13)12-9/h2-4H,14H2,1H3,(H,11,12,13). The van der Waals surface area contributed by atoms with Crippen LogP contribution in [0.5, 0.6) is 0 Å². The fourth-order valence-corrected chi connectivity index (χ4v) is 2.34. The maximum absolute atomic E-state index is 11.6. The van der Waals surface area contributed by atoms with Crippen LogP contribution in [-0.4, -0.2) is 19.5 Å². The first-order chi connectivity index (χ1) is 6.70. The van der Waals surface area contributed by atoms with E-state index in [1.807, 2.05) is 12.1 Å². The van der Waals surface area contributed by atoms with E-state index in [0.29, 0.717) is 5.39 Å². The van der Waals surface area contributed by atoms with Gasteiger partial charge in [0.25, 0.3) is 5.56 Å². The molecule has 0 atom stereocenters. The van der Waals surface area contributed by atoms with Gasteiger partial charge in [0.15, 0.2) is 0 Å². The van der Waals surface area contributed by atoms with Crippen LogP contribution in [0.25, 0.3) is 10.9 Å². The molecule has 0 aliphatic rings. The molecule has 5 heteroatoms. The van der Waals surface area contributed by atoms with Gasteiger partial charge in [0.05, 0.1) is 25.9 Å². The maximum atomic E-state index is 11.6. The smallest absolute Gasteiger partial charge is 0.258 e. The fraction of sp³-hybridized carbons (Fsp3) is 0.111. The van der Waals surface area contributed by atoms with Crippen LogP contribution in [0, 0.1) is 0 Å². The summed E-state index contributed by atoms with van der Waals surface area (Å²) in [7, 11) is -0.413. The Morgan fingerprint density at radius 3 is 3.00 bits per heavy atom. The second-order valence-electron chi connectivity index (χ2n) is 3.03. The lowest BCUT2D eigenvalue weighted by atomic mass is 10.2. The van der Waals surface area contributed by atoms with Gasteiger partial charge in [-0.2, -0.15) is 0 Å². The predicted octanol–water partition coefficient (Wildman–Crippen LogP) is 0.528. The van der Waals surface area contributed by atoms with Crippen molar-refractivity contribution in [2.45, 2.75) is 6.55 Å². The molecule has 1 N–H and O–H groups in total. The third-order valence-electron chi connectivity index (χ3n) is 2.05. The zero-order valence-electron chi connectivity index (χ0n) is 7.67. The molecule has 2 aromatic rings. The number of benzene rings is 1. The zero-order chi connectivity index (χ0) is 10.1. The Bertz CT molecular complexity index is 538. The van der Waals surface area contributed by atoms with Crippen molar-refractivity contribution in [3.63, 3.8) is 0 Å². The molecule has 2 rings (SSSR count). The molecule has 0 aliphatic heterocycles. The van der Waals surface area contributed by atoms with Crippen molar-refractivity contribution in [3.05, 3.63) is 33.0 Å². The minimum absolute atomic E-state index is 0.0353. The minimum atomic E-state index is -0.413. The second kappa shape index (κ2) is 3.66. The van der Waals surface area contributed by atoms with Crippen LogP contribution in [0.1, 0.15) is 0 Å². The third-order valence-corrected chi connectivity index (χ3v) is 3.55. The van der Waals surface area contributed by atoms with E-state index in [9.17, 15) is 4.79 Å². The van der Waals surface area contributed by atoms with Crippen molar-refractivity contribution in [1.82, 2.24) is 9.97 Å². The van der Waals surface area contributed by atoms with Crippen LogP contribution in [0.3, 0.4) is 0 Å². The lowest BCUT2D eigenvalue weighted by molar-refractivity contribution is 1.23. The Hall–Kier alpha value is -0.943. The summed E-state index contributed by atoms with van der Waals surface area (Å²) in [5.74, 6) is 0. The minimum Gasteiger partial charge on any atom is -0.315 e. The lowest BCUT2D eigenvalue weighted by Gasteiger charge is -2.00. The number of hydrogen-bond donors (Lipinski definition) is 1. The van der Waals surface area contributed by atoms with Gasteiger partial charge >= 0.3 is 0 Å². The van der Waals surface area contributed by atoms with Gasteiger partial charge in [-0.3, -0.25) is 4.79 Å². The maximum Gasteiger partial charge on any atom is 0.258 e. The molecule has 0 unspecified atom stereocenters. The number of hydrogen-bond acceptors (Lipinski definition) is 2. The molecule has 1 aromatic carbocycles. The van der Waals surface area contributed by atoms with Gasteiger partial charge in [-0.25, -0.2) is 4.98 Å². The highest BCUT2D eigenvalue weighted by molar-refractivity contribution is 9.10. The molecule has 0 saturated carbocycles. The average Bonchev–Trinajstić information content (AvgIpc) is 2.16. The second-order valence-corrected chi connectivity index (χ2v) is 5.32.